The summed E-state index contributed by atoms with van der Waals surface area (Å²) < 4.78 is 28.6. The van der Waals surface area contributed by atoms with E-state index >= 15 is 0 Å². The first-order valence-corrected chi connectivity index (χ1v) is 8.69. The number of hydrogen-bond donors (Lipinski definition) is 1. The molecule has 0 bridgehead atoms. The van der Waals surface area contributed by atoms with Crippen molar-refractivity contribution in [2.75, 3.05) is 12.9 Å². The number of amides is 1. The lowest BCUT2D eigenvalue weighted by atomic mass is 10.1. The van der Waals surface area contributed by atoms with Crippen LogP contribution in [0.25, 0.3) is 0 Å². The van der Waals surface area contributed by atoms with Gasteiger partial charge in [0, 0.05) is 11.6 Å². The van der Waals surface area contributed by atoms with Gasteiger partial charge in [-0.25, -0.2) is 8.42 Å². The van der Waals surface area contributed by atoms with Gasteiger partial charge in [0.25, 0.3) is 0 Å². The van der Waals surface area contributed by atoms with Gasteiger partial charge < -0.3 is 10.1 Å². The van der Waals surface area contributed by atoms with Gasteiger partial charge in [0.1, 0.15) is 5.75 Å². The predicted molar refractivity (Wildman–Crippen MR) is 81.2 cm³/mol. The maximum Gasteiger partial charge on any atom is 0.224 e. The number of benzene rings is 1. The Bertz CT molecular complexity index is 639. The second kappa shape index (κ2) is 6.05. The van der Waals surface area contributed by atoms with Gasteiger partial charge in [-0.1, -0.05) is 17.7 Å². The van der Waals surface area contributed by atoms with Crippen LogP contribution in [0.3, 0.4) is 0 Å². The average Bonchev–Trinajstić information content (AvgIpc) is 2.66. The zero-order valence-electron chi connectivity index (χ0n) is 12.5. The van der Waals surface area contributed by atoms with E-state index in [2.05, 4.69) is 5.32 Å². The summed E-state index contributed by atoms with van der Waals surface area (Å²) in [6.45, 7) is 3.60. The van der Waals surface area contributed by atoms with Crippen molar-refractivity contribution in [2.24, 2.45) is 0 Å². The molecule has 116 valence electrons. The van der Waals surface area contributed by atoms with E-state index in [1.54, 1.807) is 14.0 Å². The smallest absolute Gasteiger partial charge is 0.224 e. The second-order valence-electron chi connectivity index (χ2n) is 5.53. The fraction of sp³-hybridized carbons (Fsp3) is 0.533. The normalized spacial score (nSPS) is 23.8. The molecular formula is C15H21NO4S. The summed E-state index contributed by atoms with van der Waals surface area (Å²) in [7, 11) is -1.48. The van der Waals surface area contributed by atoms with E-state index in [1.807, 2.05) is 25.1 Å². The molecule has 0 radical (unpaired) electrons. The molecule has 21 heavy (non-hydrogen) atoms. The van der Waals surface area contributed by atoms with E-state index < -0.39 is 15.1 Å². The third-order valence-electron chi connectivity index (χ3n) is 3.98. The summed E-state index contributed by atoms with van der Waals surface area (Å²) in [6.07, 6.45) is 0.675. The molecule has 0 saturated carbocycles. The SMILES string of the molecule is COc1ccc(C)cc1CC(=O)N[C@H]1CCS(=O)(=O)[C@H]1C. The van der Waals surface area contributed by atoms with Crippen molar-refractivity contribution in [1.82, 2.24) is 5.32 Å². The third-order valence-corrected chi connectivity index (χ3v) is 6.25. The molecule has 0 aromatic heterocycles. The lowest BCUT2D eigenvalue weighted by molar-refractivity contribution is -0.121. The fourth-order valence-corrected chi connectivity index (χ4v) is 4.29. The second-order valence-corrected chi connectivity index (χ2v) is 8.00. The third kappa shape index (κ3) is 3.56. The molecule has 1 amide bonds. The highest BCUT2D eigenvalue weighted by atomic mass is 32.2. The molecule has 1 aromatic rings. The maximum absolute atomic E-state index is 12.1. The summed E-state index contributed by atoms with van der Waals surface area (Å²) >= 11 is 0. The van der Waals surface area contributed by atoms with E-state index in [-0.39, 0.29) is 24.1 Å². The van der Waals surface area contributed by atoms with E-state index in [1.165, 1.54) is 0 Å². The number of ether oxygens (including phenoxy) is 1. The van der Waals surface area contributed by atoms with Crippen molar-refractivity contribution in [3.63, 3.8) is 0 Å². The van der Waals surface area contributed by atoms with E-state index in [0.717, 1.165) is 11.1 Å². The predicted octanol–water partition coefficient (Wildman–Crippen LogP) is 1.24. The van der Waals surface area contributed by atoms with Crippen molar-refractivity contribution in [3.8, 4) is 5.75 Å². The first kappa shape index (κ1) is 15.8. The standard InChI is InChI=1S/C15H21NO4S/c1-10-4-5-14(20-3)12(8-10)9-15(17)16-13-6-7-21(18,19)11(13)2/h4-5,8,11,13H,6-7,9H2,1-3H3,(H,16,17)/t11-,13-/m0/s1. The van der Waals surface area contributed by atoms with Crippen molar-refractivity contribution < 1.29 is 17.9 Å². The van der Waals surface area contributed by atoms with Crippen molar-refractivity contribution in [2.45, 2.75) is 38.0 Å². The minimum Gasteiger partial charge on any atom is -0.496 e. The lowest BCUT2D eigenvalue weighted by Crippen LogP contribution is -2.41. The number of nitrogens with one attached hydrogen (secondary N) is 1. The summed E-state index contributed by atoms with van der Waals surface area (Å²) in [4.78, 5) is 12.1. The fourth-order valence-electron chi connectivity index (χ4n) is 2.63. The number of methoxy groups -OCH3 is 1. The highest BCUT2D eigenvalue weighted by molar-refractivity contribution is 7.92. The maximum atomic E-state index is 12.1. The first-order chi connectivity index (χ1) is 9.83. The van der Waals surface area contributed by atoms with Gasteiger partial charge in [0.05, 0.1) is 24.5 Å². The van der Waals surface area contributed by atoms with Crippen LogP contribution in [-0.4, -0.2) is 38.5 Å². The molecule has 1 saturated heterocycles. The van der Waals surface area contributed by atoms with Crippen LogP contribution in [0.2, 0.25) is 0 Å². The van der Waals surface area contributed by atoms with Crippen LogP contribution in [0.15, 0.2) is 18.2 Å². The number of hydrogen-bond acceptors (Lipinski definition) is 4. The molecule has 0 spiro atoms. The number of carbonyl (C=O) groups excluding carboxylic acids is 1. The molecule has 0 unspecified atom stereocenters. The Labute approximate surface area is 125 Å². The lowest BCUT2D eigenvalue weighted by Gasteiger charge is -2.17. The zero-order chi connectivity index (χ0) is 15.6. The van der Waals surface area contributed by atoms with Crippen LogP contribution in [-0.2, 0) is 21.1 Å². The molecule has 1 aliphatic heterocycles. The summed E-state index contributed by atoms with van der Waals surface area (Å²) in [5.74, 6) is 0.642. The van der Waals surface area contributed by atoms with Gasteiger partial charge in [-0.2, -0.15) is 0 Å². The van der Waals surface area contributed by atoms with Gasteiger partial charge in [-0.05, 0) is 26.3 Å². The Balaban J connectivity index is 2.04. The zero-order valence-corrected chi connectivity index (χ0v) is 13.4. The Morgan fingerprint density at radius 1 is 1.43 bits per heavy atom. The molecule has 6 heteroatoms. The molecule has 5 nitrogen and oxygen atoms in total. The Morgan fingerprint density at radius 3 is 2.71 bits per heavy atom. The van der Waals surface area contributed by atoms with Gasteiger partial charge in [0.15, 0.2) is 9.84 Å². The topological polar surface area (TPSA) is 72.5 Å². The minimum absolute atomic E-state index is 0.146. The number of sulfone groups is 1. The van der Waals surface area contributed by atoms with E-state index in [0.29, 0.717) is 12.2 Å². The van der Waals surface area contributed by atoms with Gasteiger partial charge >= 0.3 is 0 Å². The van der Waals surface area contributed by atoms with E-state index in [9.17, 15) is 13.2 Å². The van der Waals surface area contributed by atoms with Gasteiger partial charge in [0.2, 0.25) is 5.91 Å². The largest absolute Gasteiger partial charge is 0.496 e. The Kier molecular flexibility index (Phi) is 4.56. The van der Waals surface area contributed by atoms with Crippen LogP contribution in [0.4, 0.5) is 0 Å². The van der Waals surface area contributed by atoms with Gasteiger partial charge in [-0.3, -0.25) is 4.79 Å². The van der Waals surface area contributed by atoms with Gasteiger partial charge in [-0.15, -0.1) is 0 Å². The highest BCUT2D eigenvalue weighted by Gasteiger charge is 2.37. The monoisotopic (exact) mass is 311 g/mol. The van der Waals surface area contributed by atoms with Crippen molar-refractivity contribution in [1.29, 1.82) is 0 Å². The average molecular weight is 311 g/mol. The quantitative estimate of drug-likeness (QED) is 0.908. The molecule has 1 heterocycles. The molecular weight excluding hydrogens is 290 g/mol. The summed E-state index contributed by atoms with van der Waals surface area (Å²) in [6, 6.07) is 5.37. The number of aryl methyl sites for hydroxylation is 1. The Hall–Kier alpha value is -1.56. The van der Waals surface area contributed by atoms with Crippen LogP contribution < -0.4 is 10.1 Å². The number of rotatable bonds is 4. The molecule has 1 fully saturated rings. The summed E-state index contributed by atoms with van der Waals surface area (Å²) in [5, 5.41) is 2.32. The molecule has 0 aliphatic carbocycles. The molecule has 1 N–H and O–H groups in total. The van der Waals surface area contributed by atoms with Crippen molar-refractivity contribution >= 4 is 15.7 Å². The first-order valence-electron chi connectivity index (χ1n) is 6.98. The van der Waals surface area contributed by atoms with Crippen LogP contribution in [0.1, 0.15) is 24.5 Å². The van der Waals surface area contributed by atoms with E-state index in [4.69, 9.17) is 4.74 Å². The Morgan fingerprint density at radius 2 is 2.14 bits per heavy atom. The molecule has 1 aromatic carbocycles. The van der Waals surface area contributed by atoms with Crippen LogP contribution >= 0.6 is 0 Å². The van der Waals surface area contributed by atoms with Crippen molar-refractivity contribution in [3.05, 3.63) is 29.3 Å². The molecule has 2 atom stereocenters. The van der Waals surface area contributed by atoms with Crippen LogP contribution in [0, 0.1) is 6.92 Å². The molecule has 2 rings (SSSR count). The highest BCUT2D eigenvalue weighted by Crippen LogP contribution is 2.22. The number of carbonyl (C=O) groups is 1. The summed E-state index contributed by atoms with van der Waals surface area (Å²) in [5.41, 5.74) is 1.86. The minimum atomic E-state index is -3.05. The molecule has 1 aliphatic rings. The van der Waals surface area contributed by atoms with Crippen LogP contribution in [0.5, 0.6) is 5.75 Å².